The first-order chi connectivity index (χ1) is 13.0. The molecule has 2 aromatic heterocycles. The van der Waals surface area contributed by atoms with Crippen LogP contribution in [0.5, 0.6) is 0 Å². The number of imidazole rings is 1. The van der Waals surface area contributed by atoms with E-state index in [0.29, 0.717) is 12.5 Å². The highest BCUT2D eigenvalue weighted by atomic mass is 32.1. The quantitative estimate of drug-likeness (QED) is 0.561. The van der Waals surface area contributed by atoms with E-state index in [0.717, 1.165) is 58.9 Å². The Morgan fingerprint density at radius 1 is 1.30 bits per heavy atom. The molecule has 1 aromatic carbocycles. The van der Waals surface area contributed by atoms with E-state index >= 15 is 0 Å². The average molecular weight is 387 g/mol. The molecule has 3 aromatic rings. The summed E-state index contributed by atoms with van der Waals surface area (Å²) in [6, 6.07) is 5.93. The Balaban J connectivity index is 1.66. The molecular formula is C21H30N4OS. The van der Waals surface area contributed by atoms with E-state index in [-0.39, 0.29) is 5.91 Å². The van der Waals surface area contributed by atoms with Gasteiger partial charge < -0.3 is 10.2 Å². The van der Waals surface area contributed by atoms with Crippen molar-refractivity contribution < 1.29 is 4.79 Å². The molecule has 1 N–H and O–H groups in total. The van der Waals surface area contributed by atoms with Gasteiger partial charge in [0.05, 0.1) is 15.9 Å². The average Bonchev–Trinajstić information content (AvgIpc) is 3.17. The second-order valence-corrected chi connectivity index (χ2v) is 8.41. The van der Waals surface area contributed by atoms with Gasteiger partial charge in [-0.3, -0.25) is 9.20 Å². The van der Waals surface area contributed by atoms with Crippen LogP contribution in [0.2, 0.25) is 0 Å². The molecule has 0 radical (unpaired) electrons. The van der Waals surface area contributed by atoms with Gasteiger partial charge in [0.1, 0.15) is 0 Å². The fraction of sp³-hybridized carbons (Fsp3) is 0.524. The number of fused-ring (bicyclic) bond motifs is 3. The van der Waals surface area contributed by atoms with Crippen LogP contribution in [0.25, 0.3) is 15.2 Å². The zero-order valence-electron chi connectivity index (χ0n) is 16.8. The van der Waals surface area contributed by atoms with Crippen molar-refractivity contribution in [1.82, 2.24) is 19.6 Å². The van der Waals surface area contributed by atoms with Crippen molar-refractivity contribution in [3.8, 4) is 0 Å². The minimum atomic E-state index is 0.00276. The fourth-order valence-electron chi connectivity index (χ4n) is 3.35. The second-order valence-electron chi connectivity index (χ2n) is 7.40. The second kappa shape index (κ2) is 8.85. The summed E-state index contributed by atoms with van der Waals surface area (Å²) >= 11 is 1.64. The third kappa shape index (κ3) is 4.68. The minimum Gasteiger partial charge on any atom is -0.352 e. The van der Waals surface area contributed by atoms with Crippen LogP contribution in [0.15, 0.2) is 24.4 Å². The van der Waals surface area contributed by atoms with E-state index < -0.39 is 0 Å². The molecule has 5 nitrogen and oxygen atoms in total. The first kappa shape index (κ1) is 19.8. The number of benzene rings is 1. The van der Waals surface area contributed by atoms with Crippen molar-refractivity contribution >= 4 is 32.4 Å². The summed E-state index contributed by atoms with van der Waals surface area (Å²) in [5.74, 6) is 0.598. The Hall–Kier alpha value is -1.92. The molecule has 27 heavy (non-hydrogen) atoms. The van der Waals surface area contributed by atoms with Crippen molar-refractivity contribution in [2.45, 2.75) is 40.5 Å². The number of amides is 1. The summed E-state index contributed by atoms with van der Waals surface area (Å²) in [5.41, 5.74) is 2.97. The van der Waals surface area contributed by atoms with Crippen LogP contribution in [0.4, 0.5) is 0 Å². The van der Waals surface area contributed by atoms with E-state index in [1.807, 2.05) is 18.2 Å². The Morgan fingerprint density at radius 2 is 2.07 bits per heavy atom. The summed E-state index contributed by atoms with van der Waals surface area (Å²) in [4.78, 5) is 20.6. The number of nitrogens with zero attached hydrogens (tertiary/aromatic N) is 3. The fourth-order valence-corrected chi connectivity index (χ4v) is 4.42. The van der Waals surface area contributed by atoms with Crippen molar-refractivity contribution in [2.75, 3.05) is 26.2 Å². The Labute approximate surface area is 165 Å². The molecule has 0 unspecified atom stereocenters. The molecule has 0 aliphatic rings. The molecule has 0 saturated carbocycles. The number of carbonyl (C=O) groups is 1. The van der Waals surface area contributed by atoms with E-state index in [4.69, 9.17) is 4.98 Å². The zero-order chi connectivity index (χ0) is 19.4. The number of aromatic nitrogens is 2. The molecule has 0 spiro atoms. The highest BCUT2D eigenvalue weighted by molar-refractivity contribution is 7.23. The predicted molar refractivity (Wildman–Crippen MR) is 114 cm³/mol. The largest absolute Gasteiger partial charge is 0.352 e. The van der Waals surface area contributed by atoms with Crippen LogP contribution >= 0.6 is 11.3 Å². The van der Waals surface area contributed by atoms with Crippen LogP contribution in [0, 0.1) is 5.92 Å². The Morgan fingerprint density at radius 3 is 2.78 bits per heavy atom. The highest BCUT2D eigenvalue weighted by Crippen LogP contribution is 2.28. The van der Waals surface area contributed by atoms with E-state index in [9.17, 15) is 4.79 Å². The maximum absolute atomic E-state index is 12.5. The molecule has 6 heteroatoms. The molecule has 0 aliphatic carbocycles. The van der Waals surface area contributed by atoms with Gasteiger partial charge in [-0.05, 0) is 56.6 Å². The standard InChI is InChI=1S/C21H30N4OS/c1-5-24(6-2)11-7-10-22-20(26)16-8-9-18-19(13-16)27-21-23-17(12-15(3)4)14-25(18)21/h8-9,13-15H,5-7,10-12H2,1-4H3,(H,22,26). The van der Waals surface area contributed by atoms with Crippen molar-refractivity contribution in [3.63, 3.8) is 0 Å². The molecule has 146 valence electrons. The first-order valence-corrected chi connectivity index (χ1v) is 10.7. The van der Waals surface area contributed by atoms with Crippen LogP contribution in [-0.2, 0) is 6.42 Å². The summed E-state index contributed by atoms with van der Waals surface area (Å²) in [6.45, 7) is 12.6. The number of rotatable bonds is 9. The van der Waals surface area contributed by atoms with E-state index in [1.165, 1.54) is 0 Å². The van der Waals surface area contributed by atoms with Gasteiger partial charge >= 0.3 is 0 Å². The normalized spacial score (nSPS) is 11.9. The SMILES string of the molecule is CCN(CC)CCCNC(=O)c1ccc2c(c1)sc1nc(CC(C)C)cn12. The summed E-state index contributed by atoms with van der Waals surface area (Å²) < 4.78 is 3.24. The van der Waals surface area contributed by atoms with Crippen molar-refractivity contribution in [2.24, 2.45) is 5.92 Å². The molecule has 0 atom stereocenters. The molecule has 1 amide bonds. The van der Waals surface area contributed by atoms with Crippen LogP contribution in [0.1, 0.15) is 50.2 Å². The lowest BCUT2D eigenvalue weighted by Crippen LogP contribution is -2.29. The number of thiazole rings is 1. The lowest BCUT2D eigenvalue weighted by molar-refractivity contribution is 0.0952. The highest BCUT2D eigenvalue weighted by Gasteiger charge is 2.12. The van der Waals surface area contributed by atoms with Crippen molar-refractivity contribution in [3.05, 3.63) is 35.7 Å². The molecule has 2 heterocycles. The lowest BCUT2D eigenvalue weighted by atomic mass is 10.1. The van der Waals surface area contributed by atoms with E-state index in [2.05, 4.69) is 48.5 Å². The van der Waals surface area contributed by atoms with E-state index in [1.54, 1.807) is 11.3 Å². The number of carbonyl (C=O) groups excluding carboxylic acids is 1. The summed E-state index contributed by atoms with van der Waals surface area (Å²) in [7, 11) is 0. The first-order valence-electron chi connectivity index (χ1n) is 9.92. The number of nitrogens with one attached hydrogen (secondary N) is 1. The van der Waals surface area contributed by atoms with Gasteiger partial charge in [-0.1, -0.05) is 39.0 Å². The molecular weight excluding hydrogens is 356 g/mol. The van der Waals surface area contributed by atoms with Gasteiger partial charge in [-0.25, -0.2) is 4.98 Å². The van der Waals surface area contributed by atoms with Gasteiger partial charge in [0, 0.05) is 18.3 Å². The molecule has 0 bridgehead atoms. The molecule has 0 fully saturated rings. The molecule has 0 aliphatic heterocycles. The summed E-state index contributed by atoms with van der Waals surface area (Å²) in [5, 5.41) is 3.04. The Bertz CT molecular complexity index is 908. The van der Waals surface area contributed by atoms with Gasteiger partial charge in [0.25, 0.3) is 5.91 Å². The molecule has 0 saturated heterocycles. The molecule has 3 rings (SSSR count). The third-order valence-corrected chi connectivity index (χ3v) is 5.87. The monoisotopic (exact) mass is 386 g/mol. The third-order valence-electron chi connectivity index (χ3n) is 4.85. The van der Waals surface area contributed by atoms with Crippen LogP contribution in [0.3, 0.4) is 0 Å². The lowest BCUT2D eigenvalue weighted by Gasteiger charge is -2.17. The predicted octanol–water partition coefficient (Wildman–Crippen LogP) is 4.21. The van der Waals surface area contributed by atoms with Gasteiger partial charge in [0.2, 0.25) is 0 Å². The maximum atomic E-state index is 12.5. The van der Waals surface area contributed by atoms with Gasteiger partial charge in [-0.15, -0.1) is 0 Å². The summed E-state index contributed by atoms with van der Waals surface area (Å²) in [6.07, 6.45) is 4.09. The zero-order valence-corrected chi connectivity index (χ0v) is 17.6. The van der Waals surface area contributed by atoms with Gasteiger partial charge in [0.15, 0.2) is 4.96 Å². The van der Waals surface area contributed by atoms with Gasteiger partial charge in [-0.2, -0.15) is 0 Å². The van der Waals surface area contributed by atoms with Crippen molar-refractivity contribution in [1.29, 1.82) is 0 Å². The number of hydrogen-bond donors (Lipinski definition) is 1. The minimum absolute atomic E-state index is 0.00276. The van der Waals surface area contributed by atoms with Crippen LogP contribution in [-0.4, -0.2) is 46.4 Å². The topological polar surface area (TPSA) is 49.6 Å². The smallest absolute Gasteiger partial charge is 0.251 e. The Kier molecular flexibility index (Phi) is 6.50. The maximum Gasteiger partial charge on any atom is 0.251 e. The number of hydrogen-bond acceptors (Lipinski definition) is 4. The van der Waals surface area contributed by atoms with Crippen LogP contribution < -0.4 is 5.32 Å².